The summed E-state index contributed by atoms with van der Waals surface area (Å²) in [4.78, 5) is 27.0. The molecule has 1 saturated heterocycles. The lowest BCUT2D eigenvalue weighted by Crippen LogP contribution is -2.25. The zero-order valence-corrected chi connectivity index (χ0v) is 18.0. The largest absolute Gasteiger partial charge is 0.392 e. The van der Waals surface area contributed by atoms with Gasteiger partial charge in [-0.1, -0.05) is 0 Å². The Kier molecular flexibility index (Phi) is 7.64. The van der Waals surface area contributed by atoms with Crippen molar-refractivity contribution in [1.29, 1.82) is 0 Å². The van der Waals surface area contributed by atoms with E-state index in [4.69, 9.17) is 19.9 Å². The summed E-state index contributed by atoms with van der Waals surface area (Å²) >= 11 is 0. The van der Waals surface area contributed by atoms with E-state index in [0.717, 1.165) is 0 Å². The van der Waals surface area contributed by atoms with Crippen LogP contribution in [0.3, 0.4) is 0 Å². The maximum atomic E-state index is 12.1. The van der Waals surface area contributed by atoms with Crippen molar-refractivity contribution in [3.63, 3.8) is 0 Å². The highest BCUT2D eigenvalue weighted by Crippen LogP contribution is 2.45. The number of aromatic amines is 1. The molecule has 0 spiro atoms. The van der Waals surface area contributed by atoms with E-state index >= 15 is 0 Å². The number of nitrogen functional groups attached to an aromatic ring is 1. The Balaban J connectivity index is 1.70. The van der Waals surface area contributed by atoms with Crippen LogP contribution in [0.5, 0.6) is 0 Å². The van der Waals surface area contributed by atoms with E-state index in [-0.39, 0.29) is 29.0 Å². The summed E-state index contributed by atoms with van der Waals surface area (Å²) in [5, 5.41) is 19.9. The zero-order valence-electron chi connectivity index (χ0n) is 15.0. The molecule has 2 aromatic rings. The highest BCUT2D eigenvalue weighted by molar-refractivity contribution is 7.53. The number of hydrogen-bond donors (Lipinski definition) is 5. The van der Waals surface area contributed by atoms with Crippen LogP contribution in [-0.2, 0) is 38.2 Å². The van der Waals surface area contributed by atoms with E-state index < -0.39 is 62.0 Å². The Morgan fingerprint density at radius 3 is 2.73 bits per heavy atom. The number of rotatable bonds is 9. The topological polar surface area (TPSA) is 226 Å². The van der Waals surface area contributed by atoms with Crippen LogP contribution in [-0.4, -0.2) is 48.5 Å². The number of aromatic nitrogens is 3. The van der Waals surface area contributed by atoms with E-state index in [9.17, 15) is 28.7 Å². The van der Waals surface area contributed by atoms with Crippen LogP contribution in [0.15, 0.2) is 11.0 Å². The third-order valence-electron chi connectivity index (χ3n) is 4.17. The molecule has 1 aliphatic rings. The monoisotopic (exact) mass is 488 g/mol. The first-order valence-corrected chi connectivity index (χ1v) is 12.0. The molecule has 3 unspecified atom stereocenters. The fourth-order valence-corrected chi connectivity index (χ4v) is 5.16. The van der Waals surface area contributed by atoms with Gasteiger partial charge >= 0.3 is 24.8 Å². The van der Waals surface area contributed by atoms with Gasteiger partial charge in [-0.15, -0.1) is 0 Å². The van der Waals surface area contributed by atoms with Crippen LogP contribution in [0.1, 0.15) is 18.2 Å². The van der Waals surface area contributed by atoms with Gasteiger partial charge in [0.2, 0.25) is 5.95 Å². The third-order valence-corrected chi connectivity index (χ3v) is 7.27. The minimum absolute atomic E-state index is 0.0467. The standard InChI is InChI=1S/C12H19N4O11P3/c13-12-14-10-9(11(19)15-12)5(3-17)2-16(10)8-1-6(18)7(25-8)4-24-29(22)27-30(23)26-28(20)21/h2,6-8,17-18,28-30H,1,3-4H2,(H,20,21)(H3,13,14,15,19)/t6-,7-,8-/m1/s1. The third kappa shape index (κ3) is 5.27. The normalized spacial score (nSPS) is 24.8. The van der Waals surface area contributed by atoms with E-state index in [1.807, 2.05) is 0 Å². The predicted octanol–water partition coefficient (Wildman–Crippen LogP) is -0.341. The van der Waals surface area contributed by atoms with Crippen molar-refractivity contribution >= 4 is 41.7 Å². The quantitative estimate of drug-likeness (QED) is 0.285. The molecule has 0 aromatic carbocycles. The lowest BCUT2D eigenvalue weighted by Gasteiger charge is -2.16. The number of aliphatic hydroxyl groups excluding tert-OH is 2. The summed E-state index contributed by atoms with van der Waals surface area (Å²) in [7, 11) is -10.4. The Bertz CT molecular complexity index is 1060. The van der Waals surface area contributed by atoms with Gasteiger partial charge < -0.3 is 34.7 Å². The average molecular weight is 488 g/mol. The summed E-state index contributed by atoms with van der Waals surface area (Å²) in [6.07, 6.45) is -1.36. The molecule has 30 heavy (non-hydrogen) atoms. The van der Waals surface area contributed by atoms with Crippen molar-refractivity contribution in [2.45, 2.75) is 31.5 Å². The minimum atomic E-state index is -3.52. The molecule has 0 aliphatic carbocycles. The molecule has 3 rings (SSSR count). The van der Waals surface area contributed by atoms with Crippen molar-refractivity contribution in [3.05, 3.63) is 22.1 Å². The molecule has 0 radical (unpaired) electrons. The fraction of sp³-hybridized carbons (Fsp3) is 0.500. The second-order valence-corrected chi connectivity index (χ2v) is 9.54. The number of nitrogens with zero attached hydrogens (tertiary/aromatic N) is 2. The smallest absolute Gasteiger partial charge is 0.333 e. The minimum Gasteiger partial charge on any atom is -0.392 e. The first-order chi connectivity index (χ1) is 14.2. The van der Waals surface area contributed by atoms with Crippen molar-refractivity contribution in [2.75, 3.05) is 12.3 Å². The summed E-state index contributed by atoms with van der Waals surface area (Å²) in [5.74, 6) is -0.145. The predicted molar refractivity (Wildman–Crippen MR) is 103 cm³/mol. The number of H-pyrrole nitrogens is 1. The number of fused-ring (bicyclic) bond motifs is 1. The van der Waals surface area contributed by atoms with Gasteiger partial charge in [-0.3, -0.25) is 23.5 Å². The van der Waals surface area contributed by atoms with Crippen molar-refractivity contribution < 1.29 is 46.7 Å². The van der Waals surface area contributed by atoms with Gasteiger partial charge in [0.15, 0.2) is 5.65 Å². The van der Waals surface area contributed by atoms with E-state index in [1.54, 1.807) is 0 Å². The Morgan fingerprint density at radius 1 is 1.33 bits per heavy atom. The van der Waals surface area contributed by atoms with Crippen molar-refractivity contribution in [3.8, 4) is 0 Å². The average Bonchev–Trinajstić information content (AvgIpc) is 3.19. The molecule has 15 nitrogen and oxygen atoms in total. The molecular formula is C12H19N4O11P3. The van der Waals surface area contributed by atoms with Gasteiger partial charge in [-0.2, -0.15) is 4.98 Å². The zero-order chi connectivity index (χ0) is 22.0. The van der Waals surface area contributed by atoms with E-state index in [1.165, 1.54) is 10.8 Å². The molecule has 6 N–H and O–H groups in total. The van der Waals surface area contributed by atoms with Gasteiger partial charge in [-0.05, 0) is 0 Å². The first kappa shape index (κ1) is 23.3. The van der Waals surface area contributed by atoms with Crippen LogP contribution < -0.4 is 11.3 Å². The number of nitrogens with two attached hydrogens (primary N) is 1. The molecule has 18 heteroatoms. The summed E-state index contributed by atoms with van der Waals surface area (Å²) in [6.45, 7) is -0.859. The molecule has 0 bridgehead atoms. The van der Waals surface area contributed by atoms with Crippen molar-refractivity contribution in [2.24, 2.45) is 0 Å². The van der Waals surface area contributed by atoms with Gasteiger partial charge in [0, 0.05) is 18.2 Å². The van der Waals surface area contributed by atoms with E-state index in [2.05, 4.69) is 18.6 Å². The molecule has 1 fully saturated rings. The van der Waals surface area contributed by atoms with Crippen LogP contribution in [0.4, 0.5) is 5.95 Å². The second kappa shape index (κ2) is 9.84. The highest BCUT2D eigenvalue weighted by atomic mass is 31.2. The molecule has 3 heterocycles. The first-order valence-electron chi connectivity index (χ1n) is 8.32. The molecule has 2 aromatic heterocycles. The number of aliphatic hydroxyl groups is 2. The Labute approximate surface area is 169 Å². The number of anilines is 1. The molecule has 6 atom stereocenters. The molecule has 0 amide bonds. The maximum absolute atomic E-state index is 12.1. The molecule has 1 aliphatic heterocycles. The van der Waals surface area contributed by atoms with Crippen LogP contribution >= 0.6 is 24.8 Å². The molecule has 0 saturated carbocycles. The highest BCUT2D eigenvalue weighted by Gasteiger charge is 2.36. The lowest BCUT2D eigenvalue weighted by molar-refractivity contribution is -0.0381. The van der Waals surface area contributed by atoms with Gasteiger partial charge in [0.05, 0.1) is 24.7 Å². The van der Waals surface area contributed by atoms with Crippen LogP contribution in [0.25, 0.3) is 11.0 Å². The summed E-state index contributed by atoms with van der Waals surface area (Å²) in [5.41, 5.74) is 5.46. The lowest BCUT2D eigenvalue weighted by atomic mass is 10.2. The van der Waals surface area contributed by atoms with Crippen LogP contribution in [0, 0.1) is 0 Å². The maximum Gasteiger partial charge on any atom is 0.333 e. The second-order valence-electron chi connectivity index (χ2n) is 6.08. The van der Waals surface area contributed by atoms with E-state index in [0.29, 0.717) is 0 Å². The van der Waals surface area contributed by atoms with Gasteiger partial charge in [0.1, 0.15) is 12.3 Å². The number of hydrogen-bond acceptors (Lipinski definition) is 12. The van der Waals surface area contributed by atoms with Crippen LogP contribution in [0.2, 0.25) is 0 Å². The summed E-state index contributed by atoms with van der Waals surface area (Å²) in [6, 6.07) is 0. The molecule has 168 valence electrons. The van der Waals surface area contributed by atoms with Crippen molar-refractivity contribution in [1.82, 2.24) is 14.5 Å². The van der Waals surface area contributed by atoms with Gasteiger partial charge in [0.25, 0.3) is 5.56 Å². The number of nitrogens with one attached hydrogen (secondary N) is 1. The Morgan fingerprint density at radius 2 is 2.07 bits per heavy atom. The van der Waals surface area contributed by atoms with Gasteiger partial charge in [-0.25, -0.2) is 8.62 Å². The SMILES string of the molecule is Nc1nc2c(c(CO)cn2[C@H]2C[C@@H](O)[C@@H](CO[PH](=O)O[PH](=O)O[PH](=O)O)O2)c(=O)[nH]1. The summed E-state index contributed by atoms with van der Waals surface area (Å²) < 4.78 is 53.5. The fourth-order valence-electron chi connectivity index (χ4n) is 2.96. The molecular weight excluding hydrogens is 469 g/mol. The Hall–Kier alpha value is -1.37. The number of ether oxygens (including phenoxy) is 1.